The van der Waals surface area contributed by atoms with E-state index in [2.05, 4.69) is 29.2 Å². The number of carbonyl (C=O) groups is 1. The van der Waals surface area contributed by atoms with Gasteiger partial charge >= 0.3 is 5.97 Å². The fourth-order valence-electron chi connectivity index (χ4n) is 4.28. The second kappa shape index (κ2) is 10.6. The summed E-state index contributed by atoms with van der Waals surface area (Å²) < 4.78 is 16.9. The molecule has 2 aromatic carbocycles. The van der Waals surface area contributed by atoms with Gasteiger partial charge in [0, 0.05) is 43.8 Å². The Morgan fingerprint density at radius 1 is 1.12 bits per heavy atom. The first-order valence-electron chi connectivity index (χ1n) is 11.7. The largest absolute Gasteiger partial charge is 0.493 e. The molecule has 1 heterocycles. The lowest BCUT2D eigenvalue weighted by atomic mass is 9.88. The molecule has 0 radical (unpaired) electrons. The van der Waals surface area contributed by atoms with Gasteiger partial charge in [0.2, 0.25) is 5.89 Å². The van der Waals surface area contributed by atoms with E-state index in [0.717, 1.165) is 41.3 Å². The predicted molar refractivity (Wildman–Crippen MR) is 134 cm³/mol. The van der Waals surface area contributed by atoms with Gasteiger partial charge in [-0.3, -0.25) is 4.79 Å². The van der Waals surface area contributed by atoms with Crippen molar-refractivity contribution in [2.24, 2.45) is 0 Å². The van der Waals surface area contributed by atoms with E-state index in [1.807, 2.05) is 45.3 Å². The van der Waals surface area contributed by atoms with Crippen LogP contribution in [0, 0.1) is 6.92 Å². The van der Waals surface area contributed by atoms with E-state index in [1.165, 1.54) is 23.8 Å². The van der Waals surface area contributed by atoms with Gasteiger partial charge in [0.1, 0.15) is 11.5 Å². The molecule has 0 aliphatic heterocycles. The number of nitrogens with zero attached hydrogens (tertiary/aromatic N) is 2. The Hall–Kier alpha value is -3.54. The van der Waals surface area contributed by atoms with Crippen LogP contribution in [0.3, 0.4) is 0 Å². The van der Waals surface area contributed by atoms with E-state index in [4.69, 9.17) is 18.9 Å². The number of aromatic nitrogens is 1. The highest BCUT2D eigenvalue weighted by atomic mass is 16.5. The average molecular weight is 461 g/mol. The molecule has 0 atom stereocenters. The predicted octanol–water partition coefficient (Wildman–Crippen LogP) is 5.62. The summed E-state index contributed by atoms with van der Waals surface area (Å²) in [5.41, 5.74) is 6.58. The van der Waals surface area contributed by atoms with E-state index in [1.54, 1.807) is 0 Å². The van der Waals surface area contributed by atoms with Crippen LogP contribution in [0.5, 0.6) is 5.75 Å². The summed E-state index contributed by atoms with van der Waals surface area (Å²) in [6.45, 7) is 2.47. The maximum atomic E-state index is 11.6. The van der Waals surface area contributed by atoms with Crippen molar-refractivity contribution in [2.45, 2.75) is 39.0 Å². The molecule has 0 bridgehead atoms. The first kappa shape index (κ1) is 23.6. The van der Waals surface area contributed by atoms with Crippen LogP contribution in [0.15, 0.2) is 53.0 Å². The SMILES string of the molecule is COC(=O)CCC1=CCCc2c(OCCc3nc(-c4ccc(N(C)C)cc4)oc3C)cccc21. The number of anilines is 1. The highest BCUT2D eigenvalue weighted by molar-refractivity contribution is 5.77. The lowest BCUT2D eigenvalue weighted by Crippen LogP contribution is -2.08. The summed E-state index contributed by atoms with van der Waals surface area (Å²) >= 11 is 0. The molecule has 0 unspecified atom stereocenters. The third-order valence-corrected chi connectivity index (χ3v) is 6.21. The van der Waals surface area contributed by atoms with Crippen LogP contribution < -0.4 is 9.64 Å². The molecular formula is C28H32N2O4. The number of rotatable bonds is 9. The number of oxazole rings is 1. The summed E-state index contributed by atoms with van der Waals surface area (Å²) in [6, 6.07) is 14.3. The summed E-state index contributed by atoms with van der Waals surface area (Å²) in [7, 11) is 5.47. The number of allylic oxidation sites excluding steroid dienone is 2. The van der Waals surface area contributed by atoms with E-state index in [0.29, 0.717) is 31.8 Å². The second-order valence-corrected chi connectivity index (χ2v) is 8.69. The minimum absolute atomic E-state index is 0.184. The molecule has 1 aliphatic rings. The lowest BCUT2D eigenvalue weighted by molar-refractivity contribution is -0.140. The van der Waals surface area contributed by atoms with E-state index < -0.39 is 0 Å². The zero-order chi connectivity index (χ0) is 24.1. The molecule has 4 rings (SSSR count). The standard InChI is InChI=1S/C28H32N2O4/c1-19-25(29-28(34-19)21-11-14-22(15-12-21)30(2)3)17-18-33-26-10-6-8-23-20(7-5-9-24(23)26)13-16-27(31)32-4/h6-8,10-12,14-15H,5,9,13,16-18H2,1-4H3. The zero-order valence-corrected chi connectivity index (χ0v) is 20.4. The highest BCUT2D eigenvalue weighted by Gasteiger charge is 2.18. The molecule has 1 aliphatic carbocycles. The second-order valence-electron chi connectivity index (χ2n) is 8.69. The van der Waals surface area contributed by atoms with Gasteiger partial charge in [-0.1, -0.05) is 18.2 Å². The van der Waals surface area contributed by atoms with Crippen LogP contribution in [-0.2, 0) is 22.4 Å². The van der Waals surface area contributed by atoms with Crippen LogP contribution in [-0.4, -0.2) is 38.8 Å². The van der Waals surface area contributed by atoms with Crippen molar-refractivity contribution in [2.75, 3.05) is 32.7 Å². The van der Waals surface area contributed by atoms with Crippen LogP contribution in [0.25, 0.3) is 17.0 Å². The number of ether oxygens (including phenoxy) is 2. The highest BCUT2D eigenvalue weighted by Crippen LogP contribution is 2.35. The Kier molecular flexibility index (Phi) is 7.36. The van der Waals surface area contributed by atoms with Crippen molar-refractivity contribution in [3.63, 3.8) is 0 Å². The molecule has 178 valence electrons. The molecule has 0 spiro atoms. The minimum Gasteiger partial charge on any atom is -0.493 e. The van der Waals surface area contributed by atoms with Crippen LogP contribution in [0.2, 0.25) is 0 Å². The van der Waals surface area contributed by atoms with Crippen molar-refractivity contribution in [3.05, 3.63) is 71.1 Å². The number of aryl methyl sites for hydroxylation is 1. The number of fused-ring (bicyclic) bond motifs is 1. The molecule has 3 aromatic rings. The van der Waals surface area contributed by atoms with E-state index >= 15 is 0 Å². The first-order chi connectivity index (χ1) is 16.5. The average Bonchev–Trinajstić information content (AvgIpc) is 3.23. The Balaban J connectivity index is 1.41. The van der Waals surface area contributed by atoms with E-state index in [9.17, 15) is 4.79 Å². The van der Waals surface area contributed by atoms with E-state index in [-0.39, 0.29) is 5.97 Å². The van der Waals surface area contributed by atoms with Crippen molar-refractivity contribution in [1.29, 1.82) is 0 Å². The van der Waals surface area contributed by atoms with Gasteiger partial charge in [-0.15, -0.1) is 0 Å². The monoisotopic (exact) mass is 460 g/mol. The number of carbonyl (C=O) groups excluding carboxylic acids is 1. The maximum absolute atomic E-state index is 11.6. The van der Waals surface area contributed by atoms with Crippen molar-refractivity contribution < 1.29 is 18.7 Å². The number of benzene rings is 2. The molecule has 6 nitrogen and oxygen atoms in total. The summed E-state index contributed by atoms with van der Waals surface area (Å²) in [5, 5.41) is 0. The summed E-state index contributed by atoms with van der Waals surface area (Å²) in [6.07, 6.45) is 5.84. The first-order valence-corrected chi connectivity index (χ1v) is 11.7. The van der Waals surface area contributed by atoms with Gasteiger partial charge in [0.15, 0.2) is 0 Å². The number of hydrogen-bond donors (Lipinski definition) is 0. The minimum atomic E-state index is -0.184. The van der Waals surface area contributed by atoms with Gasteiger partial charge in [-0.05, 0) is 67.7 Å². The van der Waals surface area contributed by atoms with Gasteiger partial charge in [-0.25, -0.2) is 4.98 Å². The molecule has 0 saturated carbocycles. The van der Waals surface area contributed by atoms with Crippen molar-refractivity contribution in [1.82, 2.24) is 4.98 Å². The third kappa shape index (κ3) is 5.33. The molecule has 0 saturated heterocycles. The Bertz CT molecular complexity index is 1180. The van der Waals surface area contributed by atoms with Gasteiger partial charge in [-0.2, -0.15) is 0 Å². The van der Waals surface area contributed by atoms with Gasteiger partial charge in [0.25, 0.3) is 0 Å². The molecule has 0 amide bonds. The Morgan fingerprint density at radius 2 is 1.91 bits per heavy atom. The fraction of sp³-hybridized carbons (Fsp3) is 0.357. The summed E-state index contributed by atoms with van der Waals surface area (Å²) in [4.78, 5) is 18.4. The normalized spacial score (nSPS) is 12.6. The fourth-order valence-corrected chi connectivity index (χ4v) is 4.28. The number of methoxy groups -OCH3 is 1. The topological polar surface area (TPSA) is 64.8 Å². The molecule has 6 heteroatoms. The quantitative estimate of drug-likeness (QED) is 0.386. The van der Waals surface area contributed by atoms with Gasteiger partial charge in [0.05, 0.1) is 19.4 Å². The zero-order valence-electron chi connectivity index (χ0n) is 20.4. The van der Waals surface area contributed by atoms with Gasteiger partial charge < -0.3 is 18.8 Å². The Morgan fingerprint density at radius 3 is 2.65 bits per heavy atom. The Labute approximate surface area is 201 Å². The van der Waals surface area contributed by atoms with Crippen LogP contribution in [0.1, 0.15) is 41.8 Å². The lowest BCUT2D eigenvalue weighted by Gasteiger charge is -2.21. The molecule has 0 N–H and O–H groups in total. The number of esters is 1. The molecule has 0 fully saturated rings. The smallest absolute Gasteiger partial charge is 0.305 e. The molecule has 1 aromatic heterocycles. The van der Waals surface area contributed by atoms with Crippen LogP contribution >= 0.6 is 0 Å². The summed E-state index contributed by atoms with van der Waals surface area (Å²) in [5.74, 6) is 2.17. The maximum Gasteiger partial charge on any atom is 0.305 e. The van der Waals surface area contributed by atoms with Crippen molar-refractivity contribution >= 4 is 17.2 Å². The molecule has 34 heavy (non-hydrogen) atoms. The third-order valence-electron chi connectivity index (χ3n) is 6.21. The molecular weight excluding hydrogens is 428 g/mol. The number of hydrogen-bond acceptors (Lipinski definition) is 6. The van der Waals surface area contributed by atoms with Crippen molar-refractivity contribution in [3.8, 4) is 17.2 Å². The van der Waals surface area contributed by atoms with Crippen LogP contribution in [0.4, 0.5) is 5.69 Å².